The Morgan fingerprint density at radius 2 is 2.15 bits per heavy atom. The summed E-state index contributed by atoms with van der Waals surface area (Å²) in [6.07, 6.45) is 4.02. The highest BCUT2D eigenvalue weighted by Gasteiger charge is 2.25. The summed E-state index contributed by atoms with van der Waals surface area (Å²) < 4.78 is 16.2. The number of thioether (sulfide) groups is 1. The van der Waals surface area contributed by atoms with E-state index in [-0.39, 0.29) is 5.97 Å². The standard InChI is InChI=1S/C20H26N2O4S/c1-5-26-20(23)16-11-21-18-15(9-13(24-3)10-17(18)25-4)19(16)22(2)12-14-7-6-8-27-14/h9-11,14H,5-8,12H2,1-4H3. The third-order valence-corrected chi connectivity index (χ3v) is 6.10. The van der Waals surface area contributed by atoms with E-state index in [0.717, 1.165) is 17.6 Å². The molecular formula is C20H26N2O4S. The van der Waals surface area contributed by atoms with E-state index in [0.29, 0.717) is 34.4 Å². The van der Waals surface area contributed by atoms with E-state index in [9.17, 15) is 4.79 Å². The maximum Gasteiger partial charge on any atom is 0.341 e. The smallest absolute Gasteiger partial charge is 0.341 e. The fourth-order valence-electron chi connectivity index (χ4n) is 3.46. The van der Waals surface area contributed by atoms with Gasteiger partial charge in [0.05, 0.1) is 26.5 Å². The number of benzene rings is 1. The Bertz CT molecular complexity index is 821. The molecule has 1 aliphatic rings. The van der Waals surface area contributed by atoms with Crippen molar-refractivity contribution in [2.45, 2.75) is 25.0 Å². The van der Waals surface area contributed by atoms with E-state index in [1.165, 1.54) is 18.6 Å². The molecule has 7 heteroatoms. The van der Waals surface area contributed by atoms with Crippen LogP contribution in [0, 0.1) is 0 Å². The molecule has 0 amide bonds. The predicted octanol–water partition coefficient (Wildman–Crippen LogP) is 3.76. The lowest BCUT2D eigenvalue weighted by atomic mass is 10.1. The van der Waals surface area contributed by atoms with E-state index in [2.05, 4.69) is 9.88 Å². The number of methoxy groups -OCH3 is 2. The van der Waals surface area contributed by atoms with Crippen LogP contribution in [0.15, 0.2) is 18.3 Å². The highest BCUT2D eigenvalue weighted by Crippen LogP contribution is 2.38. The molecule has 0 saturated carbocycles. The van der Waals surface area contributed by atoms with Crippen LogP contribution in [0.1, 0.15) is 30.1 Å². The van der Waals surface area contributed by atoms with E-state index in [4.69, 9.17) is 14.2 Å². The molecule has 1 saturated heterocycles. The van der Waals surface area contributed by atoms with Gasteiger partial charge in [0.25, 0.3) is 0 Å². The van der Waals surface area contributed by atoms with Gasteiger partial charge in [0.2, 0.25) is 0 Å². The van der Waals surface area contributed by atoms with Crippen molar-refractivity contribution in [2.24, 2.45) is 0 Å². The van der Waals surface area contributed by atoms with Crippen LogP contribution in [0.25, 0.3) is 10.9 Å². The molecule has 3 rings (SSSR count). The molecule has 0 spiro atoms. The number of hydrogen-bond donors (Lipinski definition) is 0. The number of pyridine rings is 1. The second kappa shape index (κ2) is 8.69. The van der Waals surface area contributed by atoms with E-state index in [1.807, 2.05) is 24.9 Å². The summed E-state index contributed by atoms with van der Waals surface area (Å²) in [5.74, 6) is 2.11. The van der Waals surface area contributed by atoms with Gasteiger partial charge in [0.15, 0.2) is 0 Å². The van der Waals surface area contributed by atoms with Crippen LogP contribution in [0.4, 0.5) is 5.69 Å². The van der Waals surface area contributed by atoms with Gasteiger partial charge in [0, 0.05) is 36.5 Å². The van der Waals surface area contributed by atoms with Crippen molar-refractivity contribution in [3.63, 3.8) is 0 Å². The van der Waals surface area contributed by atoms with Crippen LogP contribution in [-0.2, 0) is 4.74 Å². The van der Waals surface area contributed by atoms with Crippen LogP contribution < -0.4 is 14.4 Å². The minimum absolute atomic E-state index is 0.319. The second-order valence-corrected chi connectivity index (χ2v) is 7.89. The zero-order valence-electron chi connectivity index (χ0n) is 16.3. The van der Waals surface area contributed by atoms with Gasteiger partial charge < -0.3 is 19.1 Å². The Morgan fingerprint density at radius 1 is 1.33 bits per heavy atom. The minimum atomic E-state index is -0.366. The summed E-state index contributed by atoms with van der Waals surface area (Å²) in [6, 6.07) is 3.71. The number of fused-ring (bicyclic) bond motifs is 1. The SMILES string of the molecule is CCOC(=O)c1cnc2c(OC)cc(OC)cc2c1N(C)CC1CCCS1. The Labute approximate surface area is 164 Å². The Kier molecular flexibility index (Phi) is 6.31. The maximum atomic E-state index is 12.6. The minimum Gasteiger partial charge on any atom is -0.497 e. The lowest BCUT2D eigenvalue weighted by molar-refractivity contribution is 0.0527. The number of rotatable bonds is 7. The zero-order valence-corrected chi connectivity index (χ0v) is 17.1. The molecule has 0 aliphatic carbocycles. The van der Waals surface area contributed by atoms with Crippen LogP contribution >= 0.6 is 11.8 Å². The summed E-state index contributed by atoms with van der Waals surface area (Å²) in [5.41, 5.74) is 1.97. The topological polar surface area (TPSA) is 60.9 Å². The van der Waals surface area contributed by atoms with Gasteiger partial charge in [-0.2, -0.15) is 11.8 Å². The third kappa shape index (κ3) is 4.08. The number of esters is 1. The molecule has 2 heterocycles. The summed E-state index contributed by atoms with van der Waals surface area (Å²) in [7, 11) is 5.23. The molecule has 27 heavy (non-hydrogen) atoms. The van der Waals surface area contributed by atoms with Crippen LogP contribution in [0.3, 0.4) is 0 Å². The van der Waals surface area contributed by atoms with Gasteiger partial charge in [-0.15, -0.1) is 0 Å². The summed E-state index contributed by atoms with van der Waals surface area (Å²) in [6.45, 7) is 2.98. The summed E-state index contributed by atoms with van der Waals surface area (Å²) in [4.78, 5) is 19.2. The maximum absolute atomic E-state index is 12.6. The fourth-order valence-corrected chi connectivity index (χ4v) is 4.79. The normalized spacial score (nSPS) is 16.4. The molecule has 1 aliphatic heterocycles. The number of carbonyl (C=O) groups excluding carboxylic acids is 1. The number of hydrogen-bond acceptors (Lipinski definition) is 7. The predicted molar refractivity (Wildman–Crippen MR) is 110 cm³/mol. The number of anilines is 1. The Hall–Kier alpha value is -2.15. The highest BCUT2D eigenvalue weighted by molar-refractivity contribution is 8.00. The lowest BCUT2D eigenvalue weighted by Crippen LogP contribution is -2.28. The van der Waals surface area contributed by atoms with Gasteiger partial charge in [-0.1, -0.05) is 0 Å². The first-order chi connectivity index (χ1) is 13.1. The van der Waals surface area contributed by atoms with Crippen LogP contribution in [0.5, 0.6) is 11.5 Å². The second-order valence-electron chi connectivity index (χ2n) is 6.48. The zero-order chi connectivity index (χ0) is 19.4. The molecule has 6 nitrogen and oxygen atoms in total. The molecule has 1 aromatic carbocycles. The van der Waals surface area contributed by atoms with Gasteiger partial charge in [-0.3, -0.25) is 4.98 Å². The molecule has 0 radical (unpaired) electrons. The molecule has 1 fully saturated rings. The van der Waals surface area contributed by atoms with Crippen molar-refractivity contribution < 1.29 is 19.0 Å². The van der Waals surface area contributed by atoms with E-state index in [1.54, 1.807) is 33.4 Å². The van der Waals surface area contributed by atoms with Crippen molar-refractivity contribution in [1.82, 2.24) is 4.98 Å². The van der Waals surface area contributed by atoms with Gasteiger partial charge in [-0.05, 0) is 31.6 Å². The molecule has 0 N–H and O–H groups in total. The van der Waals surface area contributed by atoms with Crippen molar-refractivity contribution in [3.8, 4) is 11.5 Å². The molecule has 2 aromatic rings. The fraction of sp³-hybridized carbons (Fsp3) is 0.500. The average Bonchev–Trinajstić information content (AvgIpc) is 3.18. The van der Waals surface area contributed by atoms with Gasteiger partial charge >= 0.3 is 5.97 Å². The third-order valence-electron chi connectivity index (χ3n) is 4.72. The molecule has 1 aromatic heterocycles. The van der Waals surface area contributed by atoms with Crippen LogP contribution in [-0.4, -0.2) is 56.4 Å². The van der Waals surface area contributed by atoms with Crippen molar-refractivity contribution >= 4 is 34.3 Å². The van der Waals surface area contributed by atoms with E-state index < -0.39 is 0 Å². The largest absolute Gasteiger partial charge is 0.497 e. The van der Waals surface area contributed by atoms with E-state index >= 15 is 0 Å². The first-order valence-corrected chi connectivity index (χ1v) is 10.2. The number of aromatic nitrogens is 1. The highest BCUT2D eigenvalue weighted by atomic mass is 32.2. The van der Waals surface area contributed by atoms with Crippen LogP contribution in [0.2, 0.25) is 0 Å². The molecular weight excluding hydrogens is 364 g/mol. The lowest BCUT2D eigenvalue weighted by Gasteiger charge is -2.26. The Morgan fingerprint density at radius 3 is 2.78 bits per heavy atom. The first-order valence-electron chi connectivity index (χ1n) is 9.13. The quantitative estimate of drug-likeness (QED) is 0.667. The first kappa shape index (κ1) is 19.6. The molecule has 1 atom stereocenters. The molecule has 146 valence electrons. The molecule has 0 bridgehead atoms. The van der Waals surface area contributed by atoms with Crippen molar-refractivity contribution in [3.05, 3.63) is 23.9 Å². The average molecular weight is 391 g/mol. The van der Waals surface area contributed by atoms with Gasteiger partial charge in [-0.25, -0.2) is 4.79 Å². The number of nitrogens with zero attached hydrogens (tertiary/aromatic N) is 2. The monoisotopic (exact) mass is 390 g/mol. The Balaban J connectivity index is 2.16. The summed E-state index contributed by atoms with van der Waals surface area (Å²) in [5, 5.41) is 1.38. The van der Waals surface area contributed by atoms with Crippen molar-refractivity contribution in [1.29, 1.82) is 0 Å². The molecule has 1 unspecified atom stereocenters. The number of carbonyl (C=O) groups is 1. The van der Waals surface area contributed by atoms with Gasteiger partial charge in [0.1, 0.15) is 22.6 Å². The number of ether oxygens (including phenoxy) is 3. The summed E-state index contributed by atoms with van der Waals surface area (Å²) >= 11 is 1.99. The van der Waals surface area contributed by atoms with Crippen molar-refractivity contribution in [2.75, 3.05) is 45.1 Å².